The predicted molar refractivity (Wildman–Crippen MR) is 89.6 cm³/mol. The Bertz CT molecular complexity index is 798. The van der Waals surface area contributed by atoms with E-state index < -0.39 is 8.37 Å². The van der Waals surface area contributed by atoms with Crippen LogP contribution in [0, 0.1) is 0 Å². The number of hydrogen-bond donors (Lipinski definition) is 0. The molecule has 4 nitrogen and oxygen atoms in total. The summed E-state index contributed by atoms with van der Waals surface area (Å²) in [6.45, 7) is 0. The molecule has 4 heterocycles. The highest BCUT2D eigenvalue weighted by atomic mass is 31.1. The first-order valence-corrected chi connectivity index (χ1v) is 8.29. The molecule has 4 rings (SSSR count). The average molecular weight is 306 g/mol. The smallest absolute Gasteiger partial charge is 0.220 e. The van der Waals surface area contributed by atoms with E-state index in [-0.39, 0.29) is 0 Å². The van der Waals surface area contributed by atoms with E-state index in [4.69, 9.17) is 0 Å². The Morgan fingerprint density at radius 3 is 1.95 bits per heavy atom. The second-order valence-corrected chi connectivity index (χ2v) is 6.74. The van der Waals surface area contributed by atoms with Crippen LogP contribution in [0.1, 0.15) is 0 Å². The van der Waals surface area contributed by atoms with Crippen molar-refractivity contribution in [1.29, 1.82) is 0 Å². The van der Waals surface area contributed by atoms with Gasteiger partial charge in [-0.05, 0) is 48.5 Å². The van der Waals surface area contributed by atoms with Gasteiger partial charge in [-0.3, -0.25) is 18.0 Å². The summed E-state index contributed by atoms with van der Waals surface area (Å²) in [6.07, 6.45) is 12.4. The van der Waals surface area contributed by atoms with E-state index in [0.717, 1.165) is 11.4 Å². The van der Waals surface area contributed by atoms with Gasteiger partial charge in [0.2, 0.25) is 8.37 Å². The van der Waals surface area contributed by atoms with E-state index in [2.05, 4.69) is 85.4 Å². The van der Waals surface area contributed by atoms with Crippen molar-refractivity contribution in [3.63, 3.8) is 0 Å². The van der Waals surface area contributed by atoms with Crippen LogP contribution >= 0.6 is 8.37 Å². The molecule has 0 atom stereocenters. The van der Waals surface area contributed by atoms with E-state index in [1.54, 1.807) is 0 Å². The highest BCUT2D eigenvalue weighted by molar-refractivity contribution is 7.52. The van der Waals surface area contributed by atoms with Crippen LogP contribution in [-0.2, 0) is 0 Å². The number of nitrogens with zero attached hydrogens (tertiary/aromatic N) is 4. The fourth-order valence-corrected chi connectivity index (χ4v) is 4.50. The van der Waals surface area contributed by atoms with Crippen molar-refractivity contribution < 1.29 is 0 Å². The lowest BCUT2D eigenvalue weighted by atomic mass is 10.3. The van der Waals surface area contributed by atoms with Crippen LogP contribution in [0.4, 0.5) is 0 Å². The van der Waals surface area contributed by atoms with Crippen LogP contribution in [0.2, 0.25) is 0 Å². The van der Waals surface area contributed by atoms with Gasteiger partial charge < -0.3 is 0 Å². The summed E-state index contributed by atoms with van der Waals surface area (Å²) in [5.74, 6) is 0. The van der Waals surface area contributed by atoms with Crippen molar-refractivity contribution in [3.05, 3.63) is 91.8 Å². The van der Waals surface area contributed by atoms with Gasteiger partial charge in [0, 0.05) is 37.2 Å². The maximum absolute atomic E-state index is 4.50. The Balaban J connectivity index is 1.87. The lowest BCUT2D eigenvalue weighted by Gasteiger charge is -2.23. The lowest BCUT2D eigenvalue weighted by Crippen LogP contribution is -2.06. The zero-order chi connectivity index (χ0) is 14.8. The molecule has 4 aromatic rings. The van der Waals surface area contributed by atoms with Gasteiger partial charge in [-0.1, -0.05) is 6.07 Å². The number of aromatic nitrogens is 4. The lowest BCUT2D eigenvalue weighted by molar-refractivity contribution is 1.05. The van der Waals surface area contributed by atoms with Crippen molar-refractivity contribution >= 4 is 8.37 Å². The fraction of sp³-hybridized carbons (Fsp3) is 0. The van der Waals surface area contributed by atoms with Crippen LogP contribution < -0.4 is 0 Å². The molecule has 5 heteroatoms. The van der Waals surface area contributed by atoms with Crippen LogP contribution in [0.5, 0.6) is 0 Å². The van der Waals surface area contributed by atoms with Gasteiger partial charge in [-0.25, -0.2) is 0 Å². The van der Waals surface area contributed by atoms with E-state index in [1.807, 2.05) is 24.4 Å². The number of rotatable bonds is 4. The first-order valence-electron chi connectivity index (χ1n) is 7.09. The molecule has 0 radical (unpaired) electrons. The standard InChI is InChI=1S/C17H15N4P/c1-2-10-18-16(8-1)17-9-7-15-21(17)22(19-11-3-4-12-19)20-13-5-6-14-20/h1-15H. The first kappa shape index (κ1) is 13.1. The summed E-state index contributed by atoms with van der Waals surface area (Å²) in [6, 6.07) is 18.4. The molecule has 0 saturated carbocycles. The van der Waals surface area contributed by atoms with Gasteiger partial charge in [0.05, 0.1) is 11.4 Å². The minimum absolute atomic E-state index is 0.769. The second-order valence-electron chi connectivity index (χ2n) is 4.85. The summed E-state index contributed by atoms with van der Waals surface area (Å²) in [4.78, 5) is 4.50. The van der Waals surface area contributed by atoms with Crippen LogP contribution in [0.25, 0.3) is 11.4 Å². The third kappa shape index (κ3) is 2.28. The molecule has 0 amide bonds. The Kier molecular flexibility index (Phi) is 3.37. The van der Waals surface area contributed by atoms with Crippen molar-refractivity contribution in [1.82, 2.24) is 18.0 Å². The number of pyridine rings is 1. The molecule has 0 aliphatic rings. The van der Waals surface area contributed by atoms with E-state index in [9.17, 15) is 0 Å². The van der Waals surface area contributed by atoms with Gasteiger partial charge in [0.15, 0.2) is 0 Å². The topological polar surface area (TPSA) is 27.7 Å². The quantitative estimate of drug-likeness (QED) is 0.516. The molecule has 0 aliphatic carbocycles. The Morgan fingerprint density at radius 1 is 0.682 bits per heavy atom. The highest BCUT2D eigenvalue weighted by Gasteiger charge is 2.18. The summed E-state index contributed by atoms with van der Waals surface area (Å²) in [7, 11) is -0.769. The Hall–Kier alpha value is -2.58. The highest BCUT2D eigenvalue weighted by Crippen LogP contribution is 2.44. The van der Waals surface area contributed by atoms with Gasteiger partial charge >= 0.3 is 0 Å². The average Bonchev–Trinajstić information content (AvgIpc) is 3.32. The summed E-state index contributed by atoms with van der Waals surface area (Å²) in [5.41, 5.74) is 2.11. The molecule has 0 saturated heterocycles. The Morgan fingerprint density at radius 2 is 1.36 bits per heavy atom. The molecule has 108 valence electrons. The predicted octanol–water partition coefficient (Wildman–Crippen LogP) is 4.32. The monoisotopic (exact) mass is 306 g/mol. The van der Waals surface area contributed by atoms with Crippen molar-refractivity contribution in [2.75, 3.05) is 0 Å². The second kappa shape index (κ2) is 5.66. The maximum Gasteiger partial charge on any atom is 0.220 e. The van der Waals surface area contributed by atoms with Gasteiger partial charge in [-0.15, -0.1) is 0 Å². The van der Waals surface area contributed by atoms with Gasteiger partial charge in [0.25, 0.3) is 0 Å². The molecular formula is C17H15N4P. The van der Waals surface area contributed by atoms with E-state index in [0.29, 0.717) is 0 Å². The normalized spacial score (nSPS) is 11.1. The molecule has 22 heavy (non-hydrogen) atoms. The molecule has 0 bridgehead atoms. The largest absolute Gasteiger partial charge is 0.298 e. The van der Waals surface area contributed by atoms with Crippen LogP contribution in [0.3, 0.4) is 0 Å². The zero-order valence-corrected chi connectivity index (χ0v) is 12.8. The molecule has 0 aromatic carbocycles. The fourth-order valence-electron chi connectivity index (χ4n) is 2.48. The Labute approximate surface area is 130 Å². The van der Waals surface area contributed by atoms with Crippen LogP contribution in [0.15, 0.2) is 91.8 Å². The maximum atomic E-state index is 4.50. The molecule has 0 spiro atoms. The third-order valence-corrected chi connectivity index (χ3v) is 5.53. The summed E-state index contributed by atoms with van der Waals surface area (Å²) in [5, 5.41) is 0. The molecule has 0 unspecified atom stereocenters. The van der Waals surface area contributed by atoms with Crippen molar-refractivity contribution in [3.8, 4) is 11.4 Å². The van der Waals surface area contributed by atoms with Crippen LogP contribution in [-0.4, -0.2) is 18.0 Å². The summed E-state index contributed by atoms with van der Waals surface area (Å²) < 4.78 is 6.77. The minimum Gasteiger partial charge on any atom is -0.298 e. The van der Waals surface area contributed by atoms with Gasteiger partial charge in [0.1, 0.15) is 0 Å². The summed E-state index contributed by atoms with van der Waals surface area (Å²) >= 11 is 0. The third-order valence-electron chi connectivity index (χ3n) is 3.44. The zero-order valence-electron chi connectivity index (χ0n) is 11.9. The minimum atomic E-state index is -0.769. The SMILES string of the molecule is c1ccc(-c2cccn2P(n2cccc2)n2cccc2)nc1. The number of hydrogen-bond acceptors (Lipinski definition) is 1. The molecule has 4 aromatic heterocycles. The molecule has 0 fully saturated rings. The molecule has 0 aliphatic heterocycles. The van der Waals surface area contributed by atoms with E-state index >= 15 is 0 Å². The molecular weight excluding hydrogens is 291 g/mol. The molecule has 0 N–H and O–H groups in total. The van der Waals surface area contributed by atoms with Gasteiger partial charge in [-0.2, -0.15) is 0 Å². The van der Waals surface area contributed by atoms with E-state index in [1.165, 1.54) is 0 Å². The first-order chi connectivity index (χ1) is 10.9. The van der Waals surface area contributed by atoms with Crippen molar-refractivity contribution in [2.24, 2.45) is 0 Å². The van der Waals surface area contributed by atoms with Crippen molar-refractivity contribution in [2.45, 2.75) is 0 Å².